The van der Waals surface area contributed by atoms with E-state index >= 15 is 0 Å². The monoisotopic (exact) mass is 387 g/mol. The number of hydrazone groups is 1. The molecule has 2 amide bonds. The first kappa shape index (κ1) is 20.3. The zero-order chi connectivity index (χ0) is 20.8. The molecule has 1 unspecified atom stereocenters. The van der Waals surface area contributed by atoms with Crippen LogP contribution in [0.5, 0.6) is 0 Å². The molecule has 0 aliphatic heterocycles. The number of hydrogen-bond donors (Lipinski definition) is 2. The van der Waals surface area contributed by atoms with Crippen LogP contribution in [0.3, 0.4) is 0 Å². The number of carbonyl (C=O) groups is 2. The van der Waals surface area contributed by atoms with Crippen LogP contribution in [0, 0.1) is 5.92 Å². The highest BCUT2D eigenvalue weighted by molar-refractivity contribution is 6.05. The normalized spacial score (nSPS) is 17.4. The smallest absolute Gasteiger partial charge is 0.271 e. The van der Waals surface area contributed by atoms with Crippen LogP contribution in [0.15, 0.2) is 83.5 Å². The Morgan fingerprint density at radius 3 is 2.31 bits per heavy atom. The maximum atomic E-state index is 12.4. The number of benzene rings is 2. The molecule has 0 aromatic heterocycles. The van der Waals surface area contributed by atoms with E-state index in [2.05, 4.69) is 28.5 Å². The van der Waals surface area contributed by atoms with Gasteiger partial charge in [0.05, 0.1) is 5.71 Å². The van der Waals surface area contributed by atoms with E-state index < -0.39 is 0 Å². The minimum Gasteiger partial charge on any atom is -0.322 e. The number of rotatable bonds is 5. The molecule has 0 radical (unpaired) electrons. The number of hydrogen-bond acceptors (Lipinski definition) is 3. The summed E-state index contributed by atoms with van der Waals surface area (Å²) in [4.78, 5) is 24.6. The summed E-state index contributed by atoms with van der Waals surface area (Å²) < 4.78 is 0. The van der Waals surface area contributed by atoms with Gasteiger partial charge in [-0.25, -0.2) is 5.43 Å². The molecule has 5 heteroatoms. The molecule has 2 aromatic carbocycles. The fraction of sp³-hybridized carbons (Fsp3) is 0.208. The summed E-state index contributed by atoms with van der Waals surface area (Å²) in [5.41, 5.74) is 7.40. The van der Waals surface area contributed by atoms with Crippen LogP contribution < -0.4 is 10.7 Å². The molecule has 1 atom stereocenters. The van der Waals surface area contributed by atoms with E-state index in [1.54, 1.807) is 36.4 Å². The average Bonchev–Trinajstić information content (AvgIpc) is 2.74. The molecule has 1 aliphatic rings. The van der Waals surface area contributed by atoms with Gasteiger partial charge in [0.15, 0.2) is 0 Å². The summed E-state index contributed by atoms with van der Waals surface area (Å²) in [6.07, 6.45) is 3.88. The molecule has 5 nitrogen and oxygen atoms in total. The Morgan fingerprint density at radius 1 is 1.00 bits per heavy atom. The van der Waals surface area contributed by atoms with Crippen molar-refractivity contribution >= 4 is 23.2 Å². The molecule has 3 rings (SSSR count). The zero-order valence-electron chi connectivity index (χ0n) is 16.7. The van der Waals surface area contributed by atoms with Gasteiger partial charge in [0, 0.05) is 16.8 Å². The van der Waals surface area contributed by atoms with Gasteiger partial charge in [0.25, 0.3) is 11.8 Å². The average molecular weight is 387 g/mol. The number of carbonyl (C=O) groups excluding carboxylic acids is 2. The van der Waals surface area contributed by atoms with Crippen molar-refractivity contribution in [2.24, 2.45) is 11.0 Å². The van der Waals surface area contributed by atoms with E-state index in [4.69, 9.17) is 0 Å². The second kappa shape index (κ2) is 9.15. The summed E-state index contributed by atoms with van der Waals surface area (Å²) in [7, 11) is 0. The Bertz CT molecular complexity index is 973. The molecular formula is C24H25N3O2. The zero-order valence-corrected chi connectivity index (χ0v) is 16.7. The van der Waals surface area contributed by atoms with Gasteiger partial charge in [-0.2, -0.15) is 5.10 Å². The molecule has 2 N–H and O–H groups in total. The van der Waals surface area contributed by atoms with Crippen LogP contribution in [0.1, 0.15) is 47.4 Å². The lowest BCUT2D eigenvalue weighted by Gasteiger charge is -2.22. The van der Waals surface area contributed by atoms with Gasteiger partial charge in [0.1, 0.15) is 0 Å². The molecule has 0 saturated heterocycles. The van der Waals surface area contributed by atoms with Gasteiger partial charge in [-0.05, 0) is 74.6 Å². The highest BCUT2D eigenvalue weighted by Crippen LogP contribution is 2.26. The summed E-state index contributed by atoms with van der Waals surface area (Å²) in [6.45, 7) is 8.05. The van der Waals surface area contributed by atoms with Crippen molar-refractivity contribution in [2.75, 3.05) is 5.32 Å². The lowest BCUT2D eigenvalue weighted by molar-refractivity contribution is 0.0954. The number of nitrogens with zero attached hydrogens (tertiary/aromatic N) is 1. The predicted molar refractivity (Wildman–Crippen MR) is 117 cm³/mol. The molecule has 0 bridgehead atoms. The van der Waals surface area contributed by atoms with E-state index in [0.29, 0.717) is 22.7 Å². The van der Waals surface area contributed by atoms with Crippen molar-refractivity contribution in [3.05, 3.63) is 89.5 Å². The quantitative estimate of drug-likeness (QED) is 0.562. The molecule has 1 aliphatic carbocycles. The lowest BCUT2D eigenvalue weighted by Crippen LogP contribution is -2.23. The van der Waals surface area contributed by atoms with Crippen molar-refractivity contribution in [2.45, 2.75) is 26.7 Å². The first-order chi connectivity index (χ1) is 13.9. The SMILES string of the molecule is C=C(C)C1CC=C(C)/C(=N/NC(=O)c2ccc(NC(=O)c3ccccc3)cc2)C1. The Hall–Kier alpha value is -3.47. The van der Waals surface area contributed by atoms with Crippen LogP contribution in [-0.2, 0) is 0 Å². The summed E-state index contributed by atoms with van der Waals surface area (Å²) >= 11 is 0. The van der Waals surface area contributed by atoms with Gasteiger partial charge in [-0.15, -0.1) is 0 Å². The summed E-state index contributed by atoms with van der Waals surface area (Å²) in [5, 5.41) is 7.14. The van der Waals surface area contributed by atoms with E-state index in [1.807, 2.05) is 32.0 Å². The van der Waals surface area contributed by atoms with Gasteiger partial charge < -0.3 is 5.32 Å². The van der Waals surface area contributed by atoms with Gasteiger partial charge >= 0.3 is 0 Å². The minimum atomic E-state index is -0.288. The molecule has 148 valence electrons. The van der Waals surface area contributed by atoms with Crippen LogP contribution in [0.25, 0.3) is 0 Å². The summed E-state index contributed by atoms with van der Waals surface area (Å²) in [5.74, 6) is -0.119. The van der Waals surface area contributed by atoms with Crippen molar-refractivity contribution in [1.29, 1.82) is 0 Å². The number of allylic oxidation sites excluding steroid dienone is 3. The van der Waals surface area contributed by atoms with E-state index in [-0.39, 0.29) is 11.8 Å². The van der Waals surface area contributed by atoms with E-state index in [0.717, 1.165) is 29.7 Å². The highest BCUT2D eigenvalue weighted by Gasteiger charge is 2.19. The number of amides is 2. The van der Waals surface area contributed by atoms with Crippen molar-refractivity contribution < 1.29 is 9.59 Å². The minimum absolute atomic E-state index is 0.194. The van der Waals surface area contributed by atoms with E-state index in [1.165, 1.54) is 0 Å². The van der Waals surface area contributed by atoms with Crippen LogP contribution in [0.2, 0.25) is 0 Å². The number of anilines is 1. The van der Waals surface area contributed by atoms with Crippen LogP contribution in [0.4, 0.5) is 5.69 Å². The third-order valence-electron chi connectivity index (χ3n) is 5.03. The molecule has 29 heavy (non-hydrogen) atoms. The second-order valence-corrected chi connectivity index (χ2v) is 7.27. The summed E-state index contributed by atoms with van der Waals surface area (Å²) in [6, 6.07) is 15.7. The molecule has 0 saturated carbocycles. The fourth-order valence-corrected chi connectivity index (χ4v) is 3.10. The Labute approximate surface area is 171 Å². The standard InChI is InChI=1S/C24H25N3O2/c1-16(2)20-10-9-17(3)22(15-20)26-27-24(29)19-11-13-21(14-12-19)25-23(28)18-7-5-4-6-8-18/h4-9,11-14,20H,1,10,15H2,2-3H3,(H,25,28)(H,27,29)/b26-22+. The van der Waals surface area contributed by atoms with Crippen molar-refractivity contribution in [3.63, 3.8) is 0 Å². The lowest BCUT2D eigenvalue weighted by atomic mass is 9.85. The van der Waals surface area contributed by atoms with Gasteiger partial charge in [-0.1, -0.05) is 36.4 Å². The molecular weight excluding hydrogens is 362 g/mol. The molecule has 2 aromatic rings. The molecule has 0 heterocycles. The largest absolute Gasteiger partial charge is 0.322 e. The second-order valence-electron chi connectivity index (χ2n) is 7.27. The first-order valence-corrected chi connectivity index (χ1v) is 9.60. The highest BCUT2D eigenvalue weighted by atomic mass is 16.2. The van der Waals surface area contributed by atoms with Gasteiger partial charge in [0.2, 0.25) is 0 Å². The van der Waals surface area contributed by atoms with E-state index in [9.17, 15) is 9.59 Å². The topological polar surface area (TPSA) is 70.6 Å². The Morgan fingerprint density at radius 2 is 1.66 bits per heavy atom. The Balaban J connectivity index is 1.62. The molecule has 0 spiro atoms. The van der Waals surface area contributed by atoms with Gasteiger partial charge in [-0.3, -0.25) is 9.59 Å². The van der Waals surface area contributed by atoms with Crippen LogP contribution in [-0.4, -0.2) is 17.5 Å². The third kappa shape index (κ3) is 5.29. The first-order valence-electron chi connectivity index (χ1n) is 9.60. The van der Waals surface area contributed by atoms with Crippen molar-refractivity contribution in [3.8, 4) is 0 Å². The van der Waals surface area contributed by atoms with Crippen molar-refractivity contribution in [1.82, 2.24) is 5.43 Å². The Kier molecular flexibility index (Phi) is 6.39. The third-order valence-corrected chi connectivity index (χ3v) is 5.03. The molecule has 0 fully saturated rings. The fourth-order valence-electron chi connectivity index (χ4n) is 3.10. The maximum absolute atomic E-state index is 12.4. The van der Waals surface area contributed by atoms with Crippen LogP contribution >= 0.6 is 0 Å². The predicted octanol–water partition coefficient (Wildman–Crippen LogP) is 4.96. The number of nitrogens with one attached hydrogen (secondary N) is 2. The maximum Gasteiger partial charge on any atom is 0.271 e.